The van der Waals surface area contributed by atoms with Crippen LogP contribution in [0.4, 0.5) is 0 Å². The van der Waals surface area contributed by atoms with E-state index in [0.29, 0.717) is 6.42 Å². The maximum atomic E-state index is 10.6. The van der Waals surface area contributed by atoms with Gasteiger partial charge in [-0.25, -0.2) is 0 Å². The lowest BCUT2D eigenvalue weighted by Crippen LogP contribution is -2.18. The zero-order valence-corrected chi connectivity index (χ0v) is 8.84. The molecule has 4 heteroatoms. The van der Waals surface area contributed by atoms with Crippen molar-refractivity contribution in [3.8, 4) is 0 Å². The number of aliphatic hydroxyl groups is 1. The van der Waals surface area contributed by atoms with Crippen molar-refractivity contribution in [1.29, 1.82) is 0 Å². The van der Waals surface area contributed by atoms with Crippen LogP contribution in [-0.4, -0.2) is 15.3 Å². The molecule has 0 saturated heterocycles. The summed E-state index contributed by atoms with van der Waals surface area (Å²) in [5.41, 5.74) is 0. The summed E-state index contributed by atoms with van der Waals surface area (Å²) in [6, 6.07) is 0. The Bertz CT molecular complexity index is 145. The van der Waals surface area contributed by atoms with Gasteiger partial charge in [-0.15, -0.1) is 0 Å². The molecule has 0 aliphatic rings. The summed E-state index contributed by atoms with van der Waals surface area (Å²) in [5.74, 6) is 0. The van der Waals surface area contributed by atoms with Gasteiger partial charge in [-0.05, 0) is 13.3 Å². The molecule has 0 rings (SSSR count). The predicted molar refractivity (Wildman–Crippen MR) is 50.6 cm³/mol. The van der Waals surface area contributed by atoms with E-state index >= 15 is 0 Å². The quantitative estimate of drug-likeness (QED) is 0.503. The minimum atomic E-state index is -2.79. The van der Waals surface area contributed by atoms with Gasteiger partial charge in [0.15, 0.2) is 0 Å². The highest BCUT2D eigenvalue weighted by Gasteiger charge is 2.25. The highest BCUT2D eigenvalue weighted by Crippen LogP contribution is 2.36. The van der Waals surface area contributed by atoms with E-state index < -0.39 is 13.4 Å². The first kappa shape index (κ1) is 12.2. The van der Waals surface area contributed by atoms with Crippen molar-refractivity contribution in [2.45, 2.75) is 51.3 Å². The van der Waals surface area contributed by atoms with Crippen LogP contribution < -0.4 is 0 Å². The van der Waals surface area contributed by atoms with E-state index in [0.717, 1.165) is 25.7 Å². The summed E-state index contributed by atoms with van der Waals surface area (Å²) in [4.78, 5) is 8.73. The van der Waals surface area contributed by atoms with Crippen molar-refractivity contribution in [1.82, 2.24) is 0 Å². The van der Waals surface area contributed by atoms with Gasteiger partial charge in [-0.1, -0.05) is 32.6 Å². The smallest absolute Gasteiger partial charge is 0.219 e. The molecule has 0 aliphatic heterocycles. The van der Waals surface area contributed by atoms with Crippen LogP contribution in [0.5, 0.6) is 0 Å². The first-order chi connectivity index (χ1) is 5.50. The van der Waals surface area contributed by atoms with E-state index in [9.17, 15) is 9.67 Å². The van der Waals surface area contributed by atoms with Crippen LogP contribution in [0.2, 0.25) is 0 Å². The van der Waals surface area contributed by atoms with Crippen molar-refractivity contribution >= 4 is 8.03 Å². The molecule has 0 aromatic carbocycles. The highest BCUT2D eigenvalue weighted by molar-refractivity contribution is 7.39. The van der Waals surface area contributed by atoms with Crippen molar-refractivity contribution in [3.63, 3.8) is 0 Å². The number of rotatable bonds is 6. The van der Waals surface area contributed by atoms with E-state index in [1.165, 1.54) is 6.92 Å². The largest absolute Gasteiger partial charge is 0.380 e. The second-order valence-corrected chi connectivity index (χ2v) is 5.08. The normalized spacial score (nSPS) is 18.7. The number of hydrogen-bond acceptors (Lipinski definition) is 2. The average molecular weight is 194 g/mol. The van der Waals surface area contributed by atoms with Gasteiger partial charge < -0.3 is 10.00 Å². The molecular weight excluding hydrogens is 175 g/mol. The van der Waals surface area contributed by atoms with Gasteiger partial charge in [-0.2, -0.15) is 0 Å². The first-order valence-corrected chi connectivity index (χ1v) is 5.82. The van der Waals surface area contributed by atoms with Crippen LogP contribution in [0.15, 0.2) is 0 Å². The van der Waals surface area contributed by atoms with Crippen LogP contribution in [-0.2, 0) is 4.57 Å². The summed E-state index contributed by atoms with van der Waals surface area (Å²) in [5, 5.41) is 8.03. The Hall–Kier alpha value is 0.150. The fourth-order valence-electron chi connectivity index (χ4n) is 1.00. The van der Waals surface area contributed by atoms with E-state index in [1.54, 1.807) is 0 Å². The van der Waals surface area contributed by atoms with E-state index in [-0.39, 0.29) is 0 Å². The van der Waals surface area contributed by atoms with Crippen LogP contribution in [0, 0.1) is 0 Å². The third-order valence-corrected chi connectivity index (χ3v) is 3.15. The second kappa shape index (κ2) is 5.74. The van der Waals surface area contributed by atoms with Crippen LogP contribution in [0.1, 0.15) is 46.0 Å². The standard InChI is InChI=1S/C8H19O3P/c1-3-4-5-6-7-8(2,9)12(10)11/h9,12H,3-7H2,1-2H3,(H,10,11). The lowest BCUT2D eigenvalue weighted by atomic mass is 10.1. The molecule has 0 saturated carbocycles. The first-order valence-electron chi connectivity index (χ1n) is 4.46. The molecule has 0 spiro atoms. The lowest BCUT2D eigenvalue weighted by molar-refractivity contribution is 0.122. The monoisotopic (exact) mass is 194 g/mol. The minimum Gasteiger partial charge on any atom is -0.380 e. The van der Waals surface area contributed by atoms with Gasteiger partial charge in [0.1, 0.15) is 5.34 Å². The molecule has 0 aromatic heterocycles. The van der Waals surface area contributed by atoms with Crippen molar-refractivity contribution in [3.05, 3.63) is 0 Å². The van der Waals surface area contributed by atoms with Gasteiger partial charge in [0.05, 0.1) is 0 Å². The fraction of sp³-hybridized carbons (Fsp3) is 1.00. The molecule has 0 amide bonds. The van der Waals surface area contributed by atoms with Gasteiger partial charge in [0.25, 0.3) is 0 Å². The molecule has 2 atom stereocenters. The Labute approximate surface area is 74.7 Å². The van der Waals surface area contributed by atoms with Crippen LogP contribution in [0.25, 0.3) is 0 Å². The molecule has 2 unspecified atom stereocenters. The Kier molecular flexibility index (Phi) is 5.81. The fourth-order valence-corrected chi connectivity index (χ4v) is 1.39. The predicted octanol–water partition coefficient (Wildman–Crippen LogP) is 2.13. The van der Waals surface area contributed by atoms with Gasteiger partial charge in [0.2, 0.25) is 8.03 Å². The van der Waals surface area contributed by atoms with E-state index in [1.807, 2.05) is 0 Å². The maximum absolute atomic E-state index is 10.6. The summed E-state index contributed by atoms with van der Waals surface area (Å²) in [6.45, 7) is 3.53. The second-order valence-electron chi connectivity index (χ2n) is 3.39. The molecule has 12 heavy (non-hydrogen) atoms. The Balaban J connectivity index is 3.54. The van der Waals surface area contributed by atoms with E-state index in [4.69, 9.17) is 4.89 Å². The Morgan fingerprint density at radius 1 is 1.33 bits per heavy atom. The van der Waals surface area contributed by atoms with Gasteiger partial charge >= 0.3 is 0 Å². The number of hydrogen-bond donors (Lipinski definition) is 2. The number of unbranched alkanes of at least 4 members (excludes halogenated alkanes) is 3. The molecular formula is C8H19O3P. The average Bonchev–Trinajstić information content (AvgIpc) is 1.98. The Morgan fingerprint density at radius 2 is 1.92 bits per heavy atom. The van der Waals surface area contributed by atoms with Crippen molar-refractivity contribution < 1.29 is 14.6 Å². The van der Waals surface area contributed by atoms with Gasteiger partial charge in [0, 0.05) is 0 Å². The highest BCUT2D eigenvalue weighted by atomic mass is 31.1. The Morgan fingerprint density at radius 3 is 2.33 bits per heavy atom. The summed E-state index contributed by atoms with van der Waals surface area (Å²) >= 11 is 0. The summed E-state index contributed by atoms with van der Waals surface area (Å²) in [6.07, 6.45) is 4.56. The molecule has 0 aliphatic carbocycles. The lowest BCUT2D eigenvalue weighted by Gasteiger charge is -2.18. The zero-order valence-electron chi connectivity index (χ0n) is 7.84. The minimum absolute atomic E-state index is 0.432. The van der Waals surface area contributed by atoms with Crippen molar-refractivity contribution in [2.24, 2.45) is 0 Å². The molecule has 2 N–H and O–H groups in total. The van der Waals surface area contributed by atoms with E-state index in [2.05, 4.69) is 6.92 Å². The van der Waals surface area contributed by atoms with Crippen molar-refractivity contribution in [2.75, 3.05) is 0 Å². The summed E-state index contributed by atoms with van der Waals surface area (Å²) < 4.78 is 10.6. The topological polar surface area (TPSA) is 57.5 Å². The molecule has 3 nitrogen and oxygen atoms in total. The maximum Gasteiger partial charge on any atom is 0.219 e. The summed E-state index contributed by atoms with van der Waals surface area (Å²) in [7, 11) is -2.79. The SMILES string of the molecule is CCCCCCC(C)(O)[PH](=O)O. The zero-order chi connectivity index (χ0) is 9.61. The molecule has 0 bridgehead atoms. The van der Waals surface area contributed by atoms with Crippen LogP contribution >= 0.6 is 8.03 Å². The van der Waals surface area contributed by atoms with Gasteiger partial charge in [-0.3, -0.25) is 4.57 Å². The molecule has 0 aromatic rings. The molecule has 0 heterocycles. The van der Waals surface area contributed by atoms with Crippen LogP contribution in [0.3, 0.4) is 0 Å². The third kappa shape index (κ3) is 4.91. The molecule has 74 valence electrons. The third-order valence-electron chi connectivity index (χ3n) is 1.98. The molecule has 0 fully saturated rings. The molecule has 0 radical (unpaired) electrons.